The fourth-order valence-corrected chi connectivity index (χ4v) is 3.78. The number of carbonyl (C=O) groups is 1. The highest BCUT2D eigenvalue weighted by Crippen LogP contribution is 2.29. The number of rotatable bonds is 7. The van der Waals surface area contributed by atoms with Crippen LogP contribution in [0.4, 0.5) is 0 Å². The topological polar surface area (TPSA) is 60.5 Å². The van der Waals surface area contributed by atoms with E-state index in [2.05, 4.69) is 10.3 Å². The fraction of sp³-hybridized carbons (Fsp3) is 0.300. The van der Waals surface area contributed by atoms with Crippen LogP contribution in [0.15, 0.2) is 42.5 Å². The molecule has 0 aliphatic carbocycles. The van der Waals surface area contributed by atoms with Crippen LogP contribution < -0.4 is 14.8 Å². The van der Waals surface area contributed by atoms with Crippen LogP contribution in [0.1, 0.15) is 30.0 Å². The molecule has 2 aromatic carbocycles. The number of methoxy groups -OCH3 is 2. The van der Waals surface area contributed by atoms with Gasteiger partial charge in [-0.3, -0.25) is 4.79 Å². The van der Waals surface area contributed by atoms with E-state index in [-0.39, 0.29) is 11.9 Å². The number of thiazole rings is 1. The molecule has 0 saturated carbocycles. The van der Waals surface area contributed by atoms with Crippen molar-refractivity contribution in [2.45, 2.75) is 25.8 Å². The van der Waals surface area contributed by atoms with Crippen LogP contribution in [-0.4, -0.2) is 25.1 Å². The fourth-order valence-electron chi connectivity index (χ4n) is 2.82. The zero-order chi connectivity index (χ0) is 18.5. The molecule has 0 spiro atoms. The molecule has 0 unspecified atom stereocenters. The highest BCUT2D eigenvalue weighted by atomic mass is 32.1. The molecular weight excluding hydrogens is 348 g/mol. The largest absolute Gasteiger partial charge is 0.497 e. The van der Waals surface area contributed by atoms with Gasteiger partial charge < -0.3 is 14.8 Å². The van der Waals surface area contributed by atoms with Gasteiger partial charge in [-0.2, -0.15) is 0 Å². The van der Waals surface area contributed by atoms with Gasteiger partial charge in [0, 0.05) is 18.4 Å². The number of amides is 1. The number of hydrogen-bond donors (Lipinski definition) is 1. The summed E-state index contributed by atoms with van der Waals surface area (Å²) in [6.45, 7) is 1.94. The molecule has 1 atom stereocenters. The minimum atomic E-state index is -0.178. The number of carbonyl (C=O) groups excluding carboxylic acids is 1. The van der Waals surface area contributed by atoms with Crippen molar-refractivity contribution in [2.75, 3.05) is 14.2 Å². The number of ether oxygens (including phenoxy) is 2. The molecule has 6 heteroatoms. The maximum absolute atomic E-state index is 12.4. The average Bonchev–Trinajstić information content (AvgIpc) is 3.08. The van der Waals surface area contributed by atoms with E-state index < -0.39 is 0 Å². The van der Waals surface area contributed by atoms with Crippen molar-refractivity contribution in [3.63, 3.8) is 0 Å². The molecule has 0 bridgehead atoms. The van der Waals surface area contributed by atoms with Crippen molar-refractivity contribution in [1.82, 2.24) is 10.3 Å². The summed E-state index contributed by atoms with van der Waals surface area (Å²) in [6, 6.07) is 13.4. The van der Waals surface area contributed by atoms with Gasteiger partial charge in [0.25, 0.3) is 0 Å². The first kappa shape index (κ1) is 18.2. The zero-order valence-corrected chi connectivity index (χ0v) is 15.9. The van der Waals surface area contributed by atoms with Crippen molar-refractivity contribution in [3.05, 3.63) is 53.0 Å². The molecule has 0 saturated heterocycles. The maximum atomic E-state index is 12.4. The summed E-state index contributed by atoms with van der Waals surface area (Å²) in [5.41, 5.74) is 1.88. The number of aryl methyl sites for hydroxylation is 1. The van der Waals surface area contributed by atoms with Crippen LogP contribution in [-0.2, 0) is 11.2 Å². The van der Waals surface area contributed by atoms with Crippen molar-refractivity contribution in [1.29, 1.82) is 0 Å². The summed E-state index contributed by atoms with van der Waals surface area (Å²) >= 11 is 1.64. The van der Waals surface area contributed by atoms with Gasteiger partial charge in [0.1, 0.15) is 11.5 Å². The number of nitrogens with one attached hydrogen (secondary N) is 1. The lowest BCUT2D eigenvalue weighted by Crippen LogP contribution is -2.27. The third kappa shape index (κ3) is 4.14. The molecule has 1 heterocycles. The highest BCUT2D eigenvalue weighted by Gasteiger charge is 2.16. The molecule has 3 rings (SSSR count). The molecule has 136 valence electrons. The Morgan fingerprint density at radius 3 is 2.73 bits per heavy atom. The molecule has 5 nitrogen and oxygen atoms in total. The second-order valence-electron chi connectivity index (χ2n) is 5.97. The Hall–Kier alpha value is -2.60. The lowest BCUT2D eigenvalue weighted by atomic mass is 10.1. The van der Waals surface area contributed by atoms with Gasteiger partial charge in [-0.1, -0.05) is 12.1 Å². The Labute approximate surface area is 157 Å². The van der Waals surface area contributed by atoms with Crippen molar-refractivity contribution >= 4 is 27.5 Å². The number of fused-ring (bicyclic) bond motifs is 1. The lowest BCUT2D eigenvalue weighted by molar-refractivity contribution is -0.121. The second-order valence-corrected chi connectivity index (χ2v) is 7.09. The molecule has 0 radical (unpaired) electrons. The Balaban J connectivity index is 1.62. The van der Waals surface area contributed by atoms with Crippen molar-refractivity contribution < 1.29 is 14.3 Å². The summed E-state index contributed by atoms with van der Waals surface area (Å²) in [4.78, 5) is 16.9. The number of benzene rings is 2. The number of hydrogen-bond acceptors (Lipinski definition) is 5. The normalized spacial score (nSPS) is 12.0. The Kier molecular flexibility index (Phi) is 5.73. The van der Waals surface area contributed by atoms with Gasteiger partial charge in [-0.25, -0.2) is 4.98 Å². The minimum Gasteiger partial charge on any atom is -0.497 e. The van der Waals surface area contributed by atoms with E-state index in [1.807, 2.05) is 49.4 Å². The van der Waals surface area contributed by atoms with Crippen LogP contribution in [0.3, 0.4) is 0 Å². The monoisotopic (exact) mass is 370 g/mol. The van der Waals surface area contributed by atoms with Crippen molar-refractivity contribution in [2.24, 2.45) is 0 Å². The Bertz CT molecular complexity index is 874. The van der Waals surface area contributed by atoms with E-state index in [4.69, 9.17) is 9.47 Å². The molecule has 0 aliphatic heterocycles. The van der Waals surface area contributed by atoms with E-state index >= 15 is 0 Å². The first-order valence-corrected chi connectivity index (χ1v) is 9.28. The van der Waals surface area contributed by atoms with Gasteiger partial charge in [-0.05, 0) is 37.3 Å². The number of aromatic nitrogens is 1. The highest BCUT2D eigenvalue weighted by molar-refractivity contribution is 7.18. The lowest BCUT2D eigenvalue weighted by Gasteiger charge is -2.18. The molecule has 1 N–H and O–H groups in total. The van der Waals surface area contributed by atoms with Gasteiger partial charge in [-0.15, -0.1) is 11.3 Å². The summed E-state index contributed by atoms with van der Waals surface area (Å²) < 4.78 is 11.8. The van der Waals surface area contributed by atoms with E-state index in [1.165, 1.54) is 0 Å². The first-order valence-electron chi connectivity index (χ1n) is 8.46. The van der Waals surface area contributed by atoms with Crippen LogP contribution >= 0.6 is 11.3 Å². The third-order valence-corrected chi connectivity index (χ3v) is 5.28. The smallest absolute Gasteiger partial charge is 0.220 e. The number of nitrogens with zero attached hydrogens (tertiary/aromatic N) is 1. The van der Waals surface area contributed by atoms with Crippen molar-refractivity contribution in [3.8, 4) is 11.5 Å². The standard InChI is InChI=1S/C20H22N2O3S/c1-13(15-12-14(24-2)8-9-17(15)25-3)21-19(23)10-11-20-22-16-6-4-5-7-18(16)26-20/h4-9,12-13H,10-11H2,1-3H3,(H,21,23)/t13-/m1/s1. The minimum absolute atomic E-state index is 0.0124. The summed E-state index contributed by atoms with van der Waals surface area (Å²) in [5, 5.41) is 4.01. The van der Waals surface area contributed by atoms with Gasteiger partial charge in [0.05, 0.1) is 35.5 Å². The van der Waals surface area contributed by atoms with Gasteiger partial charge in [0.15, 0.2) is 0 Å². The van der Waals surface area contributed by atoms with E-state index in [9.17, 15) is 4.79 Å². The Morgan fingerprint density at radius 2 is 2.00 bits per heavy atom. The quantitative estimate of drug-likeness (QED) is 0.679. The van der Waals surface area contributed by atoms with E-state index in [1.54, 1.807) is 25.6 Å². The third-order valence-electron chi connectivity index (χ3n) is 4.18. The predicted octanol–water partition coefficient (Wildman–Crippen LogP) is 4.12. The van der Waals surface area contributed by atoms with E-state index in [0.717, 1.165) is 32.3 Å². The maximum Gasteiger partial charge on any atom is 0.220 e. The van der Waals surface area contributed by atoms with Gasteiger partial charge >= 0.3 is 0 Å². The predicted molar refractivity (Wildman–Crippen MR) is 104 cm³/mol. The second kappa shape index (κ2) is 8.19. The molecule has 1 amide bonds. The first-order chi connectivity index (χ1) is 12.6. The summed E-state index contributed by atoms with van der Waals surface area (Å²) in [7, 11) is 3.24. The van der Waals surface area contributed by atoms with Crippen LogP contribution in [0.25, 0.3) is 10.2 Å². The average molecular weight is 370 g/mol. The van der Waals surface area contributed by atoms with Crippen LogP contribution in [0, 0.1) is 0 Å². The SMILES string of the molecule is COc1ccc(OC)c([C@@H](C)NC(=O)CCc2nc3ccccc3s2)c1. The zero-order valence-electron chi connectivity index (χ0n) is 15.1. The molecule has 0 fully saturated rings. The van der Waals surface area contributed by atoms with Crippen LogP contribution in [0.2, 0.25) is 0 Å². The van der Waals surface area contributed by atoms with Crippen LogP contribution in [0.5, 0.6) is 11.5 Å². The molecule has 0 aliphatic rings. The summed E-state index contributed by atoms with van der Waals surface area (Å²) in [5.74, 6) is 1.45. The molecular formula is C20H22N2O3S. The Morgan fingerprint density at radius 1 is 1.19 bits per heavy atom. The number of para-hydroxylation sites is 1. The van der Waals surface area contributed by atoms with Gasteiger partial charge in [0.2, 0.25) is 5.91 Å². The molecule has 1 aromatic heterocycles. The summed E-state index contributed by atoms with van der Waals surface area (Å²) in [6.07, 6.45) is 1.03. The molecule has 26 heavy (non-hydrogen) atoms. The van der Waals surface area contributed by atoms with E-state index in [0.29, 0.717) is 12.8 Å². The molecule has 3 aromatic rings.